The number of hydrogen-bond donors (Lipinski definition) is 2. The Morgan fingerprint density at radius 2 is 1.74 bits per heavy atom. The normalized spacial score (nSPS) is 11.2. The fraction of sp³-hybridized carbons (Fsp3) is 0.192. The third kappa shape index (κ3) is 4.59. The number of rotatable bonds is 7. The molecular formula is C26H25ClN2O2. The van der Waals surface area contributed by atoms with Crippen LogP contribution in [0.25, 0.3) is 10.9 Å². The number of fused-ring (bicyclic) bond motifs is 1. The number of carboxylic acid groups (broad SMARTS) is 1. The molecule has 5 heteroatoms. The standard InChI is InChI=1S/C26H25ClN2O2/c1-17(2)20-11-9-18(10-12-20)15-28-23-7-4-8-24-22(23)14-25(26(30)31)29(24)16-19-5-3-6-21(27)13-19/h3-14,17,28H,15-16H2,1-2H3,(H,30,31). The predicted molar refractivity (Wildman–Crippen MR) is 127 cm³/mol. The maximum Gasteiger partial charge on any atom is 0.352 e. The molecule has 0 radical (unpaired) electrons. The van der Waals surface area contributed by atoms with Crippen molar-refractivity contribution in [1.82, 2.24) is 4.57 Å². The fourth-order valence-corrected chi connectivity index (χ4v) is 4.03. The van der Waals surface area contributed by atoms with Crippen molar-refractivity contribution in [3.8, 4) is 0 Å². The topological polar surface area (TPSA) is 54.3 Å². The molecule has 0 saturated carbocycles. The molecule has 0 unspecified atom stereocenters. The Balaban J connectivity index is 1.65. The molecule has 0 spiro atoms. The van der Waals surface area contributed by atoms with Gasteiger partial charge in [-0.05, 0) is 52.9 Å². The Labute approximate surface area is 187 Å². The van der Waals surface area contributed by atoms with Crippen molar-refractivity contribution in [2.24, 2.45) is 0 Å². The Morgan fingerprint density at radius 3 is 2.42 bits per heavy atom. The summed E-state index contributed by atoms with van der Waals surface area (Å²) in [6.07, 6.45) is 0. The van der Waals surface area contributed by atoms with Crippen LogP contribution in [0.5, 0.6) is 0 Å². The van der Waals surface area contributed by atoms with Crippen molar-refractivity contribution in [1.29, 1.82) is 0 Å². The van der Waals surface area contributed by atoms with Gasteiger partial charge in [0, 0.05) is 29.2 Å². The van der Waals surface area contributed by atoms with E-state index in [1.54, 1.807) is 6.07 Å². The van der Waals surface area contributed by atoms with E-state index in [0.29, 0.717) is 24.0 Å². The number of carboxylic acids is 1. The molecule has 0 bridgehead atoms. The third-order valence-corrected chi connectivity index (χ3v) is 5.76. The number of nitrogens with zero attached hydrogens (tertiary/aromatic N) is 1. The Hall–Kier alpha value is -3.24. The molecule has 4 nitrogen and oxygen atoms in total. The van der Waals surface area contributed by atoms with E-state index in [4.69, 9.17) is 11.6 Å². The number of aromatic nitrogens is 1. The minimum Gasteiger partial charge on any atom is -0.477 e. The molecule has 0 aliphatic heterocycles. The maximum absolute atomic E-state index is 12.0. The van der Waals surface area contributed by atoms with Crippen LogP contribution in [0.2, 0.25) is 5.02 Å². The molecule has 4 aromatic rings. The minimum absolute atomic E-state index is 0.255. The lowest BCUT2D eigenvalue weighted by Gasteiger charge is -2.12. The first-order valence-electron chi connectivity index (χ1n) is 10.3. The lowest BCUT2D eigenvalue weighted by atomic mass is 10.0. The van der Waals surface area contributed by atoms with Crippen LogP contribution in [0.3, 0.4) is 0 Å². The number of benzene rings is 3. The number of nitrogens with one attached hydrogen (secondary N) is 1. The molecule has 0 aliphatic rings. The highest BCUT2D eigenvalue weighted by atomic mass is 35.5. The van der Waals surface area contributed by atoms with Crippen molar-refractivity contribution < 1.29 is 9.90 Å². The van der Waals surface area contributed by atoms with Crippen LogP contribution < -0.4 is 5.32 Å². The second kappa shape index (κ2) is 8.86. The Bertz CT molecular complexity index is 1230. The average Bonchev–Trinajstić information content (AvgIpc) is 3.12. The summed E-state index contributed by atoms with van der Waals surface area (Å²) in [6, 6.07) is 23.7. The summed E-state index contributed by atoms with van der Waals surface area (Å²) in [7, 11) is 0. The van der Waals surface area contributed by atoms with Crippen molar-refractivity contribution in [3.63, 3.8) is 0 Å². The first kappa shape index (κ1) is 21.0. The number of halogens is 1. The largest absolute Gasteiger partial charge is 0.477 e. The monoisotopic (exact) mass is 432 g/mol. The molecule has 158 valence electrons. The summed E-state index contributed by atoms with van der Waals surface area (Å²) in [5.74, 6) is -0.446. The van der Waals surface area contributed by atoms with Gasteiger partial charge in [-0.1, -0.05) is 67.9 Å². The van der Waals surface area contributed by atoms with Crippen molar-refractivity contribution in [3.05, 3.63) is 100 Å². The van der Waals surface area contributed by atoms with Crippen LogP contribution in [-0.2, 0) is 13.1 Å². The van der Waals surface area contributed by atoms with Crippen molar-refractivity contribution in [2.75, 3.05) is 5.32 Å². The van der Waals surface area contributed by atoms with Gasteiger partial charge in [0.05, 0.1) is 5.52 Å². The van der Waals surface area contributed by atoms with Gasteiger partial charge in [-0.15, -0.1) is 0 Å². The van der Waals surface area contributed by atoms with Gasteiger partial charge >= 0.3 is 5.97 Å². The van der Waals surface area contributed by atoms with Crippen LogP contribution >= 0.6 is 11.6 Å². The molecular weight excluding hydrogens is 408 g/mol. The van der Waals surface area contributed by atoms with E-state index in [1.165, 1.54) is 11.1 Å². The van der Waals surface area contributed by atoms with Crippen LogP contribution in [0.1, 0.15) is 46.9 Å². The number of hydrogen-bond acceptors (Lipinski definition) is 2. The summed E-state index contributed by atoms with van der Waals surface area (Å²) in [4.78, 5) is 12.0. The number of aromatic carboxylic acids is 1. The van der Waals surface area contributed by atoms with Crippen LogP contribution in [0.15, 0.2) is 72.8 Å². The van der Waals surface area contributed by atoms with E-state index in [0.717, 1.165) is 22.2 Å². The highest BCUT2D eigenvalue weighted by molar-refractivity contribution is 6.30. The van der Waals surface area contributed by atoms with E-state index < -0.39 is 5.97 Å². The molecule has 1 heterocycles. The quantitative estimate of drug-likeness (QED) is 0.338. The second-order valence-corrected chi connectivity index (χ2v) is 8.48. The average molecular weight is 433 g/mol. The summed E-state index contributed by atoms with van der Waals surface area (Å²) in [5.41, 5.74) is 5.49. The van der Waals surface area contributed by atoms with E-state index >= 15 is 0 Å². The van der Waals surface area contributed by atoms with Crippen molar-refractivity contribution in [2.45, 2.75) is 32.9 Å². The molecule has 3 aromatic carbocycles. The molecule has 0 saturated heterocycles. The SMILES string of the molecule is CC(C)c1ccc(CNc2cccc3c2cc(C(=O)O)n3Cc2cccc(Cl)c2)cc1. The predicted octanol–water partition coefficient (Wildman–Crippen LogP) is 6.78. The highest BCUT2D eigenvalue weighted by Gasteiger charge is 2.17. The molecule has 1 aromatic heterocycles. The van der Waals surface area contributed by atoms with Crippen molar-refractivity contribution >= 4 is 34.2 Å². The maximum atomic E-state index is 12.0. The lowest BCUT2D eigenvalue weighted by Crippen LogP contribution is -2.09. The minimum atomic E-state index is -0.951. The van der Waals surface area contributed by atoms with Gasteiger partial charge in [0.15, 0.2) is 0 Å². The first-order valence-corrected chi connectivity index (χ1v) is 10.7. The zero-order valence-electron chi connectivity index (χ0n) is 17.6. The van der Waals surface area contributed by atoms with Gasteiger partial charge in [-0.3, -0.25) is 0 Å². The molecule has 0 fully saturated rings. The van der Waals surface area contributed by atoms with E-state index in [-0.39, 0.29) is 5.69 Å². The number of anilines is 1. The van der Waals surface area contributed by atoms with Crippen LogP contribution in [-0.4, -0.2) is 15.6 Å². The summed E-state index contributed by atoms with van der Waals surface area (Å²) >= 11 is 6.12. The zero-order chi connectivity index (χ0) is 22.0. The second-order valence-electron chi connectivity index (χ2n) is 8.04. The van der Waals surface area contributed by atoms with Gasteiger partial charge in [0.2, 0.25) is 0 Å². The van der Waals surface area contributed by atoms with Gasteiger partial charge in [0.1, 0.15) is 5.69 Å². The molecule has 0 amide bonds. The Morgan fingerprint density at radius 1 is 1.00 bits per heavy atom. The fourth-order valence-electron chi connectivity index (χ4n) is 3.82. The Kier molecular flexibility index (Phi) is 6.01. The van der Waals surface area contributed by atoms with E-state index in [1.807, 2.05) is 47.0 Å². The molecule has 0 atom stereocenters. The molecule has 4 rings (SSSR count). The zero-order valence-corrected chi connectivity index (χ0v) is 18.4. The van der Waals surface area contributed by atoms with Crippen LogP contribution in [0, 0.1) is 0 Å². The lowest BCUT2D eigenvalue weighted by molar-refractivity contribution is 0.0686. The highest BCUT2D eigenvalue weighted by Crippen LogP contribution is 2.29. The van der Waals surface area contributed by atoms with E-state index in [2.05, 4.69) is 43.4 Å². The molecule has 31 heavy (non-hydrogen) atoms. The molecule has 0 aliphatic carbocycles. The first-order chi connectivity index (χ1) is 14.9. The third-order valence-electron chi connectivity index (χ3n) is 5.52. The van der Waals surface area contributed by atoms with Gasteiger partial charge in [-0.25, -0.2) is 4.79 Å². The summed E-state index contributed by atoms with van der Waals surface area (Å²) in [5, 5.41) is 14.8. The smallest absolute Gasteiger partial charge is 0.352 e. The van der Waals surface area contributed by atoms with Crippen LogP contribution in [0.4, 0.5) is 5.69 Å². The number of carbonyl (C=O) groups is 1. The van der Waals surface area contributed by atoms with Gasteiger partial charge in [0.25, 0.3) is 0 Å². The van der Waals surface area contributed by atoms with E-state index in [9.17, 15) is 9.90 Å². The summed E-state index contributed by atoms with van der Waals surface area (Å²) in [6.45, 7) is 5.47. The van der Waals surface area contributed by atoms with Gasteiger partial charge < -0.3 is 15.0 Å². The summed E-state index contributed by atoms with van der Waals surface area (Å²) < 4.78 is 1.83. The molecule has 2 N–H and O–H groups in total. The van der Waals surface area contributed by atoms with Gasteiger partial charge in [-0.2, -0.15) is 0 Å².